The van der Waals surface area contributed by atoms with E-state index in [1.165, 1.54) is 17.5 Å². The summed E-state index contributed by atoms with van der Waals surface area (Å²) in [5.41, 5.74) is 3.75. The summed E-state index contributed by atoms with van der Waals surface area (Å²) in [6.45, 7) is 9.52. The highest BCUT2D eigenvalue weighted by molar-refractivity contribution is 6.99. The molecule has 71 heavy (non-hydrogen) atoms. The SMILES string of the molecule is COc1cc(OCCCC(=O)O)ccc1COC(=O)NCCN1C[C@H](OCc2ccccc2)[C@@H](OCc2ccccc2)[C@H](OCc2ccccc2)[C@@H]1CO[Si](c1ccccc1)(c1ccccc1)C(C)(C)C. The van der Waals surface area contributed by atoms with Gasteiger partial charge < -0.3 is 43.3 Å². The van der Waals surface area contributed by atoms with Crippen LogP contribution in [0, 0.1) is 0 Å². The number of aliphatic carboxylic acids is 1. The minimum absolute atomic E-state index is 0.0151. The fourth-order valence-corrected chi connectivity index (χ4v) is 13.8. The molecule has 6 aromatic rings. The minimum atomic E-state index is -3.05. The van der Waals surface area contributed by atoms with Crippen LogP contribution >= 0.6 is 0 Å². The third-order valence-corrected chi connectivity index (χ3v) is 17.8. The molecule has 2 N–H and O–H groups in total. The van der Waals surface area contributed by atoms with Gasteiger partial charge in [-0.1, -0.05) is 172 Å². The van der Waals surface area contributed by atoms with Crippen molar-refractivity contribution in [2.24, 2.45) is 0 Å². The van der Waals surface area contributed by atoms with Crippen LogP contribution in [0.1, 0.15) is 55.9 Å². The van der Waals surface area contributed by atoms with Crippen molar-refractivity contribution in [1.82, 2.24) is 10.2 Å². The molecule has 1 amide bonds. The Morgan fingerprint density at radius 1 is 0.676 bits per heavy atom. The van der Waals surface area contributed by atoms with Crippen LogP contribution in [-0.2, 0) is 54.6 Å². The van der Waals surface area contributed by atoms with Gasteiger partial charge in [0.15, 0.2) is 0 Å². The first-order valence-electron chi connectivity index (χ1n) is 24.4. The number of hydrogen-bond donors (Lipinski definition) is 2. The maximum atomic E-state index is 13.5. The number of carbonyl (C=O) groups excluding carboxylic acids is 1. The first-order chi connectivity index (χ1) is 34.5. The number of carboxylic acid groups (broad SMARTS) is 1. The molecule has 12 nitrogen and oxygen atoms in total. The first kappa shape index (κ1) is 52.5. The van der Waals surface area contributed by atoms with E-state index >= 15 is 0 Å². The van der Waals surface area contributed by atoms with E-state index < -0.39 is 38.7 Å². The number of benzene rings is 6. The highest BCUT2D eigenvalue weighted by Gasteiger charge is 2.53. The molecule has 0 unspecified atom stereocenters. The zero-order valence-corrected chi connectivity index (χ0v) is 42.3. The van der Waals surface area contributed by atoms with Crippen molar-refractivity contribution >= 4 is 30.8 Å². The van der Waals surface area contributed by atoms with E-state index in [9.17, 15) is 9.59 Å². The van der Waals surface area contributed by atoms with Gasteiger partial charge >= 0.3 is 12.1 Å². The Bertz CT molecular complexity index is 2480. The molecule has 374 valence electrons. The van der Waals surface area contributed by atoms with E-state index in [1.807, 2.05) is 66.7 Å². The Morgan fingerprint density at radius 3 is 1.72 bits per heavy atom. The second-order valence-electron chi connectivity index (χ2n) is 18.7. The van der Waals surface area contributed by atoms with Crippen LogP contribution in [0.15, 0.2) is 170 Å². The normalized spacial score (nSPS) is 17.3. The highest BCUT2D eigenvalue weighted by atomic mass is 28.4. The van der Waals surface area contributed by atoms with Crippen molar-refractivity contribution in [3.8, 4) is 11.5 Å². The maximum Gasteiger partial charge on any atom is 0.407 e. The van der Waals surface area contributed by atoms with Gasteiger partial charge in [-0.3, -0.25) is 9.69 Å². The van der Waals surface area contributed by atoms with Crippen molar-refractivity contribution in [2.45, 2.75) is 89.4 Å². The summed E-state index contributed by atoms with van der Waals surface area (Å²) in [5.74, 6) is 0.137. The van der Waals surface area contributed by atoms with Gasteiger partial charge in [-0.15, -0.1) is 0 Å². The smallest absolute Gasteiger partial charge is 0.407 e. The van der Waals surface area contributed by atoms with E-state index in [-0.39, 0.29) is 37.3 Å². The van der Waals surface area contributed by atoms with Gasteiger partial charge in [0, 0.05) is 37.7 Å². The number of ether oxygens (including phenoxy) is 6. The van der Waals surface area contributed by atoms with Gasteiger partial charge in [0.2, 0.25) is 0 Å². The van der Waals surface area contributed by atoms with E-state index in [1.54, 1.807) is 18.2 Å². The van der Waals surface area contributed by atoms with Crippen molar-refractivity contribution in [3.63, 3.8) is 0 Å². The quantitative estimate of drug-likeness (QED) is 0.0420. The topological polar surface area (TPSA) is 134 Å². The van der Waals surface area contributed by atoms with Crippen LogP contribution in [-0.4, -0.2) is 94.7 Å². The number of alkyl carbamates (subject to hydrolysis) is 1. The lowest BCUT2D eigenvalue weighted by molar-refractivity contribution is -0.206. The van der Waals surface area contributed by atoms with Gasteiger partial charge in [0.05, 0.1) is 52.3 Å². The Balaban J connectivity index is 1.19. The average molecular weight is 981 g/mol. The number of nitrogens with zero attached hydrogens (tertiary/aromatic N) is 1. The summed E-state index contributed by atoms with van der Waals surface area (Å²) >= 11 is 0. The van der Waals surface area contributed by atoms with Crippen LogP contribution in [0.3, 0.4) is 0 Å². The number of methoxy groups -OCH3 is 1. The first-order valence-corrected chi connectivity index (χ1v) is 26.3. The predicted octanol–water partition coefficient (Wildman–Crippen LogP) is 9.18. The Hall–Kier alpha value is -6.32. The van der Waals surface area contributed by atoms with Crippen molar-refractivity contribution in [1.29, 1.82) is 0 Å². The molecule has 0 aromatic heterocycles. The van der Waals surface area contributed by atoms with E-state index in [4.69, 9.17) is 38.0 Å². The second kappa shape index (κ2) is 26.2. The third-order valence-electron chi connectivity index (χ3n) is 12.8. The van der Waals surface area contributed by atoms with Crippen LogP contribution < -0.4 is 25.2 Å². The molecular weight excluding hydrogens is 913 g/mol. The molecule has 1 aliphatic rings. The predicted molar refractivity (Wildman–Crippen MR) is 278 cm³/mol. The summed E-state index contributed by atoms with van der Waals surface area (Å²) in [5, 5.41) is 14.0. The molecule has 6 aromatic carbocycles. The molecular formula is C58H68N2O10Si. The highest BCUT2D eigenvalue weighted by Crippen LogP contribution is 2.38. The van der Waals surface area contributed by atoms with E-state index in [0.29, 0.717) is 63.0 Å². The summed E-state index contributed by atoms with van der Waals surface area (Å²) in [6.07, 6.45) is -1.69. The fourth-order valence-electron chi connectivity index (χ4n) is 9.25. The number of amides is 1. The van der Waals surface area contributed by atoms with Crippen LogP contribution in [0.4, 0.5) is 4.79 Å². The van der Waals surface area contributed by atoms with Gasteiger partial charge in [-0.2, -0.15) is 0 Å². The lowest BCUT2D eigenvalue weighted by Gasteiger charge is -2.50. The molecule has 1 heterocycles. The zero-order valence-electron chi connectivity index (χ0n) is 41.3. The van der Waals surface area contributed by atoms with Gasteiger partial charge in [0.1, 0.15) is 30.3 Å². The summed E-state index contributed by atoms with van der Waals surface area (Å²) in [4.78, 5) is 26.7. The largest absolute Gasteiger partial charge is 0.496 e. The van der Waals surface area contributed by atoms with Gasteiger partial charge in [0.25, 0.3) is 8.32 Å². The molecule has 1 fully saturated rings. The molecule has 13 heteroatoms. The van der Waals surface area contributed by atoms with Crippen LogP contribution in [0.5, 0.6) is 11.5 Å². The molecule has 0 radical (unpaired) electrons. The lowest BCUT2D eigenvalue weighted by Crippen LogP contribution is -2.70. The Morgan fingerprint density at radius 2 is 1.20 bits per heavy atom. The number of piperidine rings is 1. The molecule has 7 rings (SSSR count). The lowest BCUT2D eigenvalue weighted by atomic mass is 9.93. The van der Waals surface area contributed by atoms with Crippen molar-refractivity contribution in [3.05, 3.63) is 192 Å². The summed E-state index contributed by atoms with van der Waals surface area (Å²) in [7, 11) is -1.52. The molecule has 0 spiro atoms. The van der Waals surface area contributed by atoms with Crippen molar-refractivity contribution < 1.29 is 47.5 Å². The Kier molecular flexibility index (Phi) is 19.4. The number of carboxylic acids is 1. The molecule has 4 atom stereocenters. The molecule has 1 saturated heterocycles. The standard InChI is InChI=1S/C58H68N2O10Si/c1-58(2,3)71(49-27-16-8-17-28-49,50-29-18-9-19-30-50)70-43-51-55(67-40-45-23-12-6-13-24-45)56(68-41-46-25-14-7-15-26-46)53(66-39-44-21-10-5-11-22-44)38-60(51)35-34-59-57(63)69-42-47-32-33-48(37-52(47)64-4)65-36-20-31-54(61)62/h5-19,21-30,32-33,37,51,53,55-56H,20,31,34-36,38-43H2,1-4H3,(H,59,63)(H,61,62)/t51-,53-,55+,56+/m0/s1. The van der Waals surface area contributed by atoms with Crippen LogP contribution in [0.2, 0.25) is 5.04 Å². The summed E-state index contributed by atoms with van der Waals surface area (Å²) in [6, 6.07) is 56.6. The molecule has 0 saturated carbocycles. The van der Waals surface area contributed by atoms with Gasteiger partial charge in [-0.05, 0) is 50.7 Å². The number of rotatable bonds is 25. The van der Waals surface area contributed by atoms with Crippen LogP contribution in [0.25, 0.3) is 0 Å². The third kappa shape index (κ3) is 14.6. The maximum absolute atomic E-state index is 13.5. The van der Waals surface area contributed by atoms with E-state index in [0.717, 1.165) is 16.7 Å². The Labute approximate surface area is 419 Å². The number of carbonyl (C=O) groups is 2. The van der Waals surface area contributed by atoms with E-state index in [2.05, 4.69) is 116 Å². The number of likely N-dealkylation sites (tertiary alicyclic amines) is 1. The molecule has 1 aliphatic heterocycles. The van der Waals surface area contributed by atoms with Gasteiger partial charge in [-0.25, -0.2) is 4.79 Å². The average Bonchev–Trinajstić information content (AvgIpc) is 3.39. The summed E-state index contributed by atoms with van der Waals surface area (Å²) < 4.78 is 45.9. The fraction of sp³-hybridized carbons (Fsp3) is 0.345. The number of nitrogens with one attached hydrogen (secondary N) is 1. The molecule has 0 bridgehead atoms. The monoisotopic (exact) mass is 980 g/mol. The van der Waals surface area contributed by atoms with Crippen molar-refractivity contribution in [2.75, 3.05) is 40.0 Å². The second-order valence-corrected chi connectivity index (χ2v) is 23.0. The zero-order chi connectivity index (χ0) is 49.9. The number of hydrogen-bond acceptors (Lipinski definition) is 10. The molecule has 0 aliphatic carbocycles. The minimum Gasteiger partial charge on any atom is -0.496 e.